The van der Waals surface area contributed by atoms with Crippen LogP contribution in [0.4, 0.5) is 0 Å². The van der Waals surface area contributed by atoms with E-state index in [4.69, 9.17) is 19.3 Å². The van der Waals surface area contributed by atoms with Crippen molar-refractivity contribution in [1.29, 1.82) is 0 Å². The molecule has 0 unspecified atom stereocenters. The first kappa shape index (κ1) is 16.8. The molecule has 0 aromatic heterocycles. The summed E-state index contributed by atoms with van der Waals surface area (Å²) in [6, 6.07) is 7.68. The first-order valence-corrected chi connectivity index (χ1v) is 7.27. The lowest BCUT2D eigenvalue weighted by molar-refractivity contribution is -0.131. The summed E-state index contributed by atoms with van der Waals surface area (Å²) in [6.45, 7) is 2.16. The zero-order valence-corrected chi connectivity index (χ0v) is 13.5. The van der Waals surface area contributed by atoms with E-state index in [0.717, 1.165) is 34.4 Å². The van der Waals surface area contributed by atoms with Crippen LogP contribution in [0.2, 0.25) is 0 Å². The van der Waals surface area contributed by atoms with Crippen LogP contribution in [0.5, 0.6) is 11.5 Å². The number of aliphatic carboxylic acids is 1. The van der Waals surface area contributed by atoms with Crippen LogP contribution in [0, 0.1) is 0 Å². The summed E-state index contributed by atoms with van der Waals surface area (Å²) < 4.78 is 16.2. The summed E-state index contributed by atoms with van der Waals surface area (Å²) in [7, 11) is 3.11. The zero-order valence-electron chi connectivity index (χ0n) is 13.5. The highest BCUT2D eigenvalue weighted by Crippen LogP contribution is 2.40. The Kier molecular flexibility index (Phi) is 5.60. The second kappa shape index (κ2) is 7.65. The molecule has 122 valence electrons. The molecule has 0 heterocycles. The van der Waals surface area contributed by atoms with Gasteiger partial charge in [0, 0.05) is 18.6 Å². The van der Waals surface area contributed by atoms with E-state index >= 15 is 0 Å². The largest absolute Gasteiger partial charge is 0.493 e. The number of carboxylic acid groups (broad SMARTS) is 1. The van der Waals surface area contributed by atoms with E-state index in [-0.39, 0.29) is 6.79 Å². The third-order valence-corrected chi connectivity index (χ3v) is 3.53. The smallest absolute Gasteiger partial charge is 0.328 e. The fourth-order valence-electron chi connectivity index (χ4n) is 2.52. The van der Waals surface area contributed by atoms with Crippen molar-refractivity contribution in [3.05, 3.63) is 41.5 Å². The highest BCUT2D eigenvalue weighted by Gasteiger charge is 2.16. The van der Waals surface area contributed by atoms with E-state index in [1.807, 2.05) is 18.2 Å². The van der Waals surface area contributed by atoms with Crippen LogP contribution >= 0.6 is 0 Å². The van der Waals surface area contributed by atoms with Crippen LogP contribution in [0.25, 0.3) is 16.8 Å². The van der Waals surface area contributed by atoms with E-state index in [0.29, 0.717) is 11.5 Å². The lowest BCUT2D eigenvalue weighted by atomic mass is 9.97. The van der Waals surface area contributed by atoms with Crippen molar-refractivity contribution in [3.63, 3.8) is 0 Å². The number of carbonyl (C=O) groups is 1. The predicted molar refractivity (Wildman–Crippen MR) is 89.1 cm³/mol. The molecule has 1 N–H and O–H groups in total. The van der Waals surface area contributed by atoms with Crippen LogP contribution < -0.4 is 9.47 Å². The number of methoxy groups -OCH3 is 2. The SMILES string of the molecule is CCc1cccc2c(/C=C\C(=O)O)cc(OC)c(OCOC)c12. The van der Waals surface area contributed by atoms with Crippen LogP contribution in [0.3, 0.4) is 0 Å². The Labute approximate surface area is 135 Å². The Morgan fingerprint density at radius 3 is 2.70 bits per heavy atom. The molecule has 0 saturated heterocycles. The molecule has 0 spiro atoms. The van der Waals surface area contributed by atoms with Crippen LogP contribution in [-0.4, -0.2) is 32.1 Å². The minimum Gasteiger partial charge on any atom is -0.493 e. The van der Waals surface area contributed by atoms with Gasteiger partial charge >= 0.3 is 5.97 Å². The quantitative estimate of drug-likeness (QED) is 0.625. The summed E-state index contributed by atoms with van der Waals surface area (Å²) in [4.78, 5) is 10.8. The molecule has 5 heteroatoms. The van der Waals surface area contributed by atoms with E-state index in [1.165, 1.54) is 0 Å². The molecule has 2 aromatic rings. The molecular formula is C18H20O5. The Morgan fingerprint density at radius 1 is 1.30 bits per heavy atom. The summed E-state index contributed by atoms with van der Waals surface area (Å²) in [5.41, 5.74) is 1.86. The van der Waals surface area contributed by atoms with Gasteiger partial charge in [-0.05, 0) is 35.1 Å². The lowest BCUT2D eigenvalue weighted by Gasteiger charge is -2.17. The number of benzene rings is 2. The zero-order chi connectivity index (χ0) is 16.8. The maximum absolute atomic E-state index is 10.8. The van der Waals surface area contributed by atoms with Gasteiger partial charge in [-0.2, -0.15) is 0 Å². The molecule has 2 aromatic carbocycles. The Morgan fingerprint density at radius 2 is 2.09 bits per heavy atom. The first-order chi connectivity index (χ1) is 11.1. The van der Waals surface area contributed by atoms with Crippen molar-refractivity contribution < 1.29 is 24.1 Å². The molecule has 0 bridgehead atoms. The minimum absolute atomic E-state index is 0.105. The Bertz CT molecular complexity index is 734. The van der Waals surface area contributed by atoms with Gasteiger partial charge < -0.3 is 19.3 Å². The van der Waals surface area contributed by atoms with E-state index in [1.54, 1.807) is 26.4 Å². The van der Waals surface area contributed by atoms with Gasteiger partial charge in [-0.3, -0.25) is 0 Å². The number of ether oxygens (including phenoxy) is 3. The highest BCUT2D eigenvalue weighted by atomic mass is 16.7. The first-order valence-electron chi connectivity index (χ1n) is 7.27. The van der Waals surface area contributed by atoms with Crippen molar-refractivity contribution >= 4 is 22.8 Å². The Hall–Kier alpha value is -2.53. The standard InChI is InChI=1S/C18H20O5/c1-4-12-6-5-7-14-13(8-9-16(19)20)10-15(22-3)18(17(12)14)23-11-21-2/h5-10H,4,11H2,1-3H3,(H,19,20)/b9-8-. The second-order valence-corrected chi connectivity index (χ2v) is 4.91. The fraction of sp³-hybridized carbons (Fsp3) is 0.278. The number of hydrogen-bond donors (Lipinski definition) is 1. The number of hydrogen-bond acceptors (Lipinski definition) is 4. The summed E-state index contributed by atoms with van der Waals surface area (Å²) >= 11 is 0. The summed E-state index contributed by atoms with van der Waals surface area (Å²) in [6.07, 6.45) is 3.49. The molecule has 23 heavy (non-hydrogen) atoms. The van der Waals surface area contributed by atoms with Crippen molar-refractivity contribution in [3.8, 4) is 11.5 Å². The van der Waals surface area contributed by atoms with E-state index in [9.17, 15) is 4.79 Å². The molecule has 0 atom stereocenters. The van der Waals surface area contributed by atoms with E-state index in [2.05, 4.69) is 6.92 Å². The molecule has 0 fully saturated rings. The van der Waals surface area contributed by atoms with Crippen LogP contribution in [0.1, 0.15) is 18.1 Å². The van der Waals surface area contributed by atoms with Gasteiger partial charge in [0.1, 0.15) is 0 Å². The third-order valence-electron chi connectivity index (χ3n) is 3.53. The normalized spacial score (nSPS) is 11.1. The van der Waals surface area contributed by atoms with Gasteiger partial charge in [0.05, 0.1) is 7.11 Å². The van der Waals surface area contributed by atoms with Crippen molar-refractivity contribution in [2.45, 2.75) is 13.3 Å². The van der Waals surface area contributed by atoms with E-state index < -0.39 is 5.97 Å². The molecule has 0 amide bonds. The number of fused-ring (bicyclic) bond motifs is 1. The Balaban J connectivity index is 2.77. The maximum atomic E-state index is 10.8. The summed E-state index contributed by atoms with van der Waals surface area (Å²) in [5, 5.41) is 10.7. The fourth-order valence-corrected chi connectivity index (χ4v) is 2.52. The molecule has 0 aliphatic heterocycles. The van der Waals surface area contributed by atoms with Gasteiger partial charge in [0.15, 0.2) is 18.3 Å². The van der Waals surface area contributed by atoms with Crippen molar-refractivity contribution in [2.24, 2.45) is 0 Å². The third kappa shape index (κ3) is 3.63. The predicted octanol–water partition coefficient (Wildman–Crippen LogP) is 3.49. The van der Waals surface area contributed by atoms with Crippen LogP contribution in [0.15, 0.2) is 30.3 Å². The summed E-state index contributed by atoms with van der Waals surface area (Å²) in [5.74, 6) is 0.151. The van der Waals surface area contributed by atoms with Crippen LogP contribution in [-0.2, 0) is 16.0 Å². The second-order valence-electron chi connectivity index (χ2n) is 4.91. The number of rotatable bonds is 7. The van der Waals surface area contributed by atoms with Gasteiger partial charge in [-0.15, -0.1) is 0 Å². The average Bonchev–Trinajstić information content (AvgIpc) is 2.57. The molecule has 5 nitrogen and oxygen atoms in total. The molecular weight excluding hydrogens is 296 g/mol. The average molecular weight is 316 g/mol. The molecule has 2 rings (SSSR count). The number of carboxylic acids is 1. The molecule has 0 saturated carbocycles. The molecule has 0 radical (unpaired) electrons. The van der Waals surface area contributed by atoms with Crippen molar-refractivity contribution in [1.82, 2.24) is 0 Å². The lowest BCUT2D eigenvalue weighted by Crippen LogP contribution is -2.03. The van der Waals surface area contributed by atoms with Gasteiger partial charge in [-0.1, -0.05) is 25.1 Å². The minimum atomic E-state index is -0.997. The van der Waals surface area contributed by atoms with Gasteiger partial charge in [0.2, 0.25) is 0 Å². The molecule has 0 aliphatic rings. The number of aryl methyl sites for hydroxylation is 1. The van der Waals surface area contributed by atoms with Gasteiger partial charge in [0.25, 0.3) is 0 Å². The van der Waals surface area contributed by atoms with Crippen molar-refractivity contribution in [2.75, 3.05) is 21.0 Å². The maximum Gasteiger partial charge on any atom is 0.328 e. The topological polar surface area (TPSA) is 65.0 Å². The van der Waals surface area contributed by atoms with Gasteiger partial charge in [-0.25, -0.2) is 4.79 Å². The molecule has 0 aliphatic carbocycles. The monoisotopic (exact) mass is 316 g/mol. The highest BCUT2D eigenvalue weighted by molar-refractivity contribution is 6.00.